The Morgan fingerprint density at radius 1 is 1.21 bits per heavy atom. The van der Waals surface area contributed by atoms with Crippen molar-refractivity contribution in [2.24, 2.45) is 4.99 Å². The molecule has 0 saturated heterocycles. The molecule has 0 aliphatic heterocycles. The molecule has 1 aromatic carbocycles. The van der Waals surface area contributed by atoms with Gasteiger partial charge in [-0.15, -0.1) is 0 Å². The fraction of sp³-hybridized carbons (Fsp3) is 0.429. The van der Waals surface area contributed by atoms with Gasteiger partial charge < -0.3 is 15.4 Å². The van der Waals surface area contributed by atoms with Crippen molar-refractivity contribution in [1.29, 1.82) is 0 Å². The van der Waals surface area contributed by atoms with Gasteiger partial charge in [-0.25, -0.2) is 18.4 Å². The van der Waals surface area contributed by atoms with E-state index in [4.69, 9.17) is 4.74 Å². The van der Waals surface area contributed by atoms with Crippen molar-refractivity contribution < 1.29 is 13.2 Å². The van der Waals surface area contributed by atoms with E-state index < -0.39 is 9.84 Å². The fourth-order valence-corrected chi connectivity index (χ4v) is 3.76. The van der Waals surface area contributed by atoms with Gasteiger partial charge in [0.25, 0.3) is 0 Å². The topological polar surface area (TPSA) is 92.7 Å². The predicted octanol–water partition coefficient (Wildman–Crippen LogP) is 2.84. The van der Waals surface area contributed by atoms with Crippen LogP contribution in [0.3, 0.4) is 0 Å². The first-order chi connectivity index (χ1) is 13.8. The summed E-state index contributed by atoms with van der Waals surface area (Å²) in [4.78, 5) is 9.26. The first-order valence-electron chi connectivity index (χ1n) is 9.73. The van der Waals surface area contributed by atoms with Crippen LogP contribution < -0.4 is 15.4 Å². The molecule has 2 N–H and O–H groups in total. The molecule has 0 aliphatic carbocycles. The number of pyridine rings is 1. The minimum atomic E-state index is -3.22. The number of benzene rings is 1. The van der Waals surface area contributed by atoms with Crippen LogP contribution >= 0.6 is 0 Å². The average molecular weight is 419 g/mol. The Labute approximate surface area is 173 Å². The van der Waals surface area contributed by atoms with E-state index in [2.05, 4.69) is 27.5 Å². The van der Waals surface area contributed by atoms with Gasteiger partial charge in [0.05, 0.1) is 18.0 Å². The Morgan fingerprint density at radius 3 is 2.66 bits per heavy atom. The number of nitrogens with one attached hydrogen (secondary N) is 2. The molecule has 0 fully saturated rings. The van der Waals surface area contributed by atoms with Crippen molar-refractivity contribution in [3.8, 4) is 5.88 Å². The Bertz CT molecular complexity index is 943. The van der Waals surface area contributed by atoms with Crippen molar-refractivity contribution in [2.45, 2.75) is 45.2 Å². The van der Waals surface area contributed by atoms with Gasteiger partial charge in [0.2, 0.25) is 5.88 Å². The Kier molecular flexibility index (Phi) is 8.45. The Balaban J connectivity index is 2.08. The smallest absolute Gasteiger partial charge is 0.218 e. The summed E-state index contributed by atoms with van der Waals surface area (Å²) in [6.45, 7) is 8.18. The van der Waals surface area contributed by atoms with Crippen molar-refractivity contribution in [3.05, 3.63) is 53.2 Å². The predicted molar refractivity (Wildman–Crippen MR) is 116 cm³/mol. The number of aryl methyl sites for hydroxylation is 1. The molecular formula is C21H30N4O3S. The van der Waals surface area contributed by atoms with Crippen LogP contribution in [0.4, 0.5) is 0 Å². The van der Waals surface area contributed by atoms with Gasteiger partial charge in [0, 0.05) is 31.1 Å². The molecule has 1 aromatic heterocycles. The normalized spacial score (nSPS) is 11.9. The number of sulfone groups is 1. The number of nitrogens with zero attached hydrogens (tertiary/aromatic N) is 2. The van der Waals surface area contributed by atoms with Gasteiger partial charge in [0.15, 0.2) is 15.8 Å². The second-order valence-electron chi connectivity index (χ2n) is 6.74. The third-order valence-electron chi connectivity index (χ3n) is 4.14. The first kappa shape index (κ1) is 22.7. The molecule has 29 heavy (non-hydrogen) atoms. The highest BCUT2D eigenvalue weighted by molar-refractivity contribution is 7.90. The summed E-state index contributed by atoms with van der Waals surface area (Å²) in [5.74, 6) is 1.30. The molecule has 0 atom stereocenters. The number of ether oxygens (including phenoxy) is 1. The van der Waals surface area contributed by atoms with Crippen LogP contribution in [-0.2, 0) is 22.9 Å². The van der Waals surface area contributed by atoms with Crippen molar-refractivity contribution in [2.75, 3.05) is 19.4 Å². The second-order valence-corrected chi connectivity index (χ2v) is 8.72. The molecule has 0 aliphatic rings. The van der Waals surface area contributed by atoms with Crippen LogP contribution in [0, 0.1) is 6.92 Å². The minimum absolute atomic E-state index is 0.353. The highest BCUT2D eigenvalue weighted by Gasteiger charge is 2.11. The molecular weight excluding hydrogens is 388 g/mol. The van der Waals surface area contributed by atoms with Gasteiger partial charge in [-0.05, 0) is 43.5 Å². The number of hydrogen-bond acceptors (Lipinski definition) is 5. The quantitative estimate of drug-likeness (QED) is 0.481. The SMILES string of the molecule is CCCOc1ncccc1CNC(=NCc1ccc(S(C)(=O)=O)c(C)c1)NCC. The average Bonchev–Trinajstić information content (AvgIpc) is 2.68. The van der Waals surface area contributed by atoms with Crippen LogP contribution in [0.25, 0.3) is 0 Å². The van der Waals surface area contributed by atoms with Crippen LogP contribution in [-0.4, -0.2) is 38.8 Å². The largest absolute Gasteiger partial charge is 0.477 e. The molecule has 0 amide bonds. The molecule has 7 nitrogen and oxygen atoms in total. The van der Waals surface area contributed by atoms with Gasteiger partial charge in [-0.2, -0.15) is 0 Å². The zero-order valence-corrected chi connectivity index (χ0v) is 18.3. The summed E-state index contributed by atoms with van der Waals surface area (Å²) < 4.78 is 29.2. The lowest BCUT2D eigenvalue weighted by molar-refractivity contribution is 0.301. The van der Waals surface area contributed by atoms with Crippen LogP contribution in [0.5, 0.6) is 5.88 Å². The zero-order valence-electron chi connectivity index (χ0n) is 17.5. The fourth-order valence-electron chi connectivity index (χ4n) is 2.80. The maximum atomic E-state index is 11.8. The van der Waals surface area contributed by atoms with Crippen LogP contribution in [0.1, 0.15) is 37.0 Å². The molecule has 2 rings (SSSR count). The van der Waals surface area contributed by atoms with Crippen molar-refractivity contribution in [3.63, 3.8) is 0 Å². The minimum Gasteiger partial charge on any atom is -0.477 e. The third-order valence-corrected chi connectivity index (χ3v) is 5.40. The molecule has 158 valence electrons. The lowest BCUT2D eigenvalue weighted by Gasteiger charge is -2.14. The van der Waals surface area contributed by atoms with Crippen LogP contribution in [0.15, 0.2) is 46.4 Å². The summed E-state index contributed by atoms with van der Waals surface area (Å²) in [6, 6.07) is 9.16. The van der Waals surface area contributed by atoms with E-state index in [1.807, 2.05) is 25.1 Å². The van der Waals surface area contributed by atoms with E-state index >= 15 is 0 Å². The molecule has 0 bridgehead atoms. The van der Waals surface area contributed by atoms with E-state index in [1.54, 1.807) is 25.3 Å². The number of aliphatic imine (C=N–C) groups is 1. The third kappa shape index (κ3) is 7.05. The summed E-state index contributed by atoms with van der Waals surface area (Å²) in [6.07, 6.45) is 3.86. The van der Waals surface area contributed by atoms with Crippen molar-refractivity contribution in [1.82, 2.24) is 15.6 Å². The van der Waals surface area contributed by atoms with Gasteiger partial charge >= 0.3 is 0 Å². The number of hydrogen-bond donors (Lipinski definition) is 2. The first-order valence-corrected chi connectivity index (χ1v) is 11.6. The standard InChI is InChI=1S/C21H30N4O3S/c1-5-12-28-20-18(8-7-11-23-20)15-25-21(22-6-2)24-14-17-9-10-19(16(3)13-17)29(4,26)27/h7-11,13H,5-6,12,14-15H2,1-4H3,(H2,22,24,25). The Morgan fingerprint density at radius 2 is 2.00 bits per heavy atom. The van der Waals surface area contributed by atoms with Crippen molar-refractivity contribution >= 4 is 15.8 Å². The van der Waals surface area contributed by atoms with Gasteiger partial charge in [-0.3, -0.25) is 0 Å². The zero-order chi connectivity index (χ0) is 21.3. The molecule has 0 unspecified atom stereocenters. The number of aromatic nitrogens is 1. The number of guanidine groups is 1. The summed E-state index contributed by atoms with van der Waals surface area (Å²) in [7, 11) is -3.22. The molecule has 0 radical (unpaired) electrons. The van der Waals surface area contributed by atoms with E-state index in [1.165, 1.54) is 6.26 Å². The maximum absolute atomic E-state index is 11.8. The molecule has 0 saturated carbocycles. The second kappa shape index (κ2) is 10.8. The molecule has 2 aromatic rings. The van der Waals surface area contributed by atoms with E-state index in [-0.39, 0.29) is 0 Å². The summed E-state index contributed by atoms with van der Waals surface area (Å²) in [5.41, 5.74) is 2.63. The highest BCUT2D eigenvalue weighted by atomic mass is 32.2. The lowest BCUT2D eigenvalue weighted by Crippen LogP contribution is -2.36. The van der Waals surface area contributed by atoms with Gasteiger partial charge in [-0.1, -0.05) is 25.1 Å². The van der Waals surface area contributed by atoms with E-state index in [9.17, 15) is 8.42 Å². The summed E-state index contributed by atoms with van der Waals surface area (Å²) >= 11 is 0. The van der Waals surface area contributed by atoms with E-state index in [0.717, 1.165) is 29.7 Å². The molecule has 0 spiro atoms. The van der Waals surface area contributed by atoms with Crippen LogP contribution in [0.2, 0.25) is 0 Å². The lowest BCUT2D eigenvalue weighted by atomic mass is 10.1. The molecule has 1 heterocycles. The maximum Gasteiger partial charge on any atom is 0.218 e. The molecule has 8 heteroatoms. The summed E-state index contributed by atoms with van der Waals surface area (Å²) in [5, 5.41) is 6.52. The van der Waals surface area contributed by atoms with Gasteiger partial charge in [0.1, 0.15) is 0 Å². The highest BCUT2D eigenvalue weighted by Crippen LogP contribution is 2.17. The Hall–Kier alpha value is -2.61. The van der Waals surface area contributed by atoms with E-state index in [0.29, 0.717) is 36.4 Å². The monoisotopic (exact) mass is 418 g/mol. The number of rotatable bonds is 9.